The van der Waals surface area contributed by atoms with Gasteiger partial charge in [-0.25, -0.2) is 0 Å². The number of aliphatic hydroxyl groups excluding tert-OH is 1. The summed E-state index contributed by atoms with van der Waals surface area (Å²) in [6.07, 6.45) is 2.89. The van der Waals surface area contributed by atoms with Gasteiger partial charge in [0.15, 0.2) is 0 Å². The lowest BCUT2D eigenvalue weighted by Gasteiger charge is -2.12. The number of esters is 1. The summed E-state index contributed by atoms with van der Waals surface area (Å²) in [6, 6.07) is 16.6. The fourth-order valence-corrected chi connectivity index (χ4v) is 4.43. The lowest BCUT2D eigenvalue weighted by molar-refractivity contribution is -0.489. The highest BCUT2D eigenvalue weighted by molar-refractivity contribution is 5.79. The van der Waals surface area contributed by atoms with E-state index in [1.165, 1.54) is 29.2 Å². The SMILES string of the molecule is CC(=O)OCC1c2ccccc2-c2ccccc21.O=[N+]([O-])C[C@@H]1CCC[C@H]1CO. The molecule has 2 aliphatic carbocycles. The van der Waals surface area contributed by atoms with E-state index in [0.717, 1.165) is 19.3 Å². The highest BCUT2D eigenvalue weighted by Gasteiger charge is 2.30. The van der Waals surface area contributed by atoms with Crippen molar-refractivity contribution in [3.63, 3.8) is 0 Å². The molecule has 2 aromatic rings. The minimum Gasteiger partial charge on any atom is -0.465 e. The van der Waals surface area contributed by atoms with Gasteiger partial charge in [0.05, 0.1) is 0 Å². The lowest BCUT2D eigenvalue weighted by Crippen LogP contribution is -2.20. The minimum atomic E-state index is -0.279. The zero-order valence-corrected chi connectivity index (χ0v) is 16.6. The number of ether oxygens (including phenoxy) is 1. The Morgan fingerprint density at radius 1 is 1.07 bits per heavy atom. The Labute approximate surface area is 170 Å². The molecule has 0 unspecified atom stereocenters. The number of carbonyl (C=O) groups excluding carboxylic acids is 1. The summed E-state index contributed by atoms with van der Waals surface area (Å²) in [5.41, 5.74) is 5.01. The van der Waals surface area contributed by atoms with E-state index in [0.29, 0.717) is 6.61 Å². The molecule has 29 heavy (non-hydrogen) atoms. The Bertz CT molecular complexity index is 820. The van der Waals surface area contributed by atoms with Gasteiger partial charge in [0.1, 0.15) is 6.61 Å². The number of carbonyl (C=O) groups is 1. The molecule has 2 aromatic carbocycles. The average molecular weight is 397 g/mol. The average Bonchev–Trinajstić information content (AvgIpc) is 3.28. The quantitative estimate of drug-likeness (QED) is 0.467. The van der Waals surface area contributed by atoms with Crippen molar-refractivity contribution in [1.29, 1.82) is 0 Å². The molecule has 154 valence electrons. The molecule has 1 saturated carbocycles. The van der Waals surface area contributed by atoms with Crippen molar-refractivity contribution in [1.82, 2.24) is 0 Å². The van der Waals surface area contributed by atoms with Crippen LogP contribution in [-0.2, 0) is 9.53 Å². The molecule has 1 fully saturated rings. The molecule has 0 heterocycles. The molecule has 0 bridgehead atoms. The van der Waals surface area contributed by atoms with Crippen LogP contribution < -0.4 is 0 Å². The van der Waals surface area contributed by atoms with Crippen molar-refractivity contribution in [3.05, 3.63) is 69.8 Å². The monoisotopic (exact) mass is 397 g/mol. The summed E-state index contributed by atoms with van der Waals surface area (Å²) in [5.74, 6) is 0.244. The highest BCUT2D eigenvalue weighted by Crippen LogP contribution is 2.44. The summed E-state index contributed by atoms with van der Waals surface area (Å²) in [4.78, 5) is 20.9. The first-order valence-electron chi connectivity index (χ1n) is 10.1. The Hall–Kier alpha value is -2.73. The number of benzene rings is 2. The number of nitrogens with zero attached hydrogens (tertiary/aromatic N) is 1. The molecule has 0 amide bonds. The van der Waals surface area contributed by atoms with Crippen molar-refractivity contribution >= 4 is 5.97 Å². The molecule has 2 atom stereocenters. The number of aliphatic hydroxyl groups is 1. The largest absolute Gasteiger partial charge is 0.465 e. The molecule has 0 spiro atoms. The van der Waals surface area contributed by atoms with Crippen LogP contribution in [0.15, 0.2) is 48.5 Å². The van der Waals surface area contributed by atoms with E-state index in [4.69, 9.17) is 9.84 Å². The smallest absolute Gasteiger partial charge is 0.302 e. The predicted octanol–water partition coefficient (Wildman–Crippen LogP) is 4.03. The van der Waals surface area contributed by atoms with Crippen molar-refractivity contribution in [2.24, 2.45) is 11.8 Å². The zero-order valence-electron chi connectivity index (χ0n) is 16.6. The van der Waals surface area contributed by atoms with Gasteiger partial charge in [-0.1, -0.05) is 55.0 Å². The maximum atomic E-state index is 11.0. The van der Waals surface area contributed by atoms with Crippen molar-refractivity contribution < 1.29 is 19.6 Å². The van der Waals surface area contributed by atoms with Crippen molar-refractivity contribution in [3.8, 4) is 11.1 Å². The van der Waals surface area contributed by atoms with Crippen LogP contribution in [-0.4, -0.2) is 35.8 Å². The van der Waals surface area contributed by atoms with Crippen LogP contribution in [0.3, 0.4) is 0 Å². The molecule has 6 nitrogen and oxygen atoms in total. The third-order valence-corrected chi connectivity index (χ3v) is 5.85. The van der Waals surface area contributed by atoms with E-state index >= 15 is 0 Å². The van der Waals surface area contributed by atoms with Crippen molar-refractivity contribution in [2.45, 2.75) is 32.1 Å². The first-order valence-corrected chi connectivity index (χ1v) is 10.1. The van der Waals surface area contributed by atoms with E-state index < -0.39 is 0 Å². The number of nitro groups is 1. The van der Waals surface area contributed by atoms with Gasteiger partial charge in [0.25, 0.3) is 0 Å². The van der Waals surface area contributed by atoms with Gasteiger partial charge in [0.2, 0.25) is 6.54 Å². The standard InChI is InChI=1S/C16H14O2.C7H13NO3/c1-11(17)18-10-16-14-8-4-2-6-12(14)13-7-3-5-9-15(13)16;9-5-7-3-1-2-6(7)4-8(10)11/h2-9,16H,10H2,1H3;6-7,9H,1-5H2/t;6-,7-/m.0/s1. The third-order valence-electron chi connectivity index (χ3n) is 5.85. The molecular weight excluding hydrogens is 370 g/mol. The Morgan fingerprint density at radius 3 is 2.14 bits per heavy atom. The fraction of sp³-hybridized carbons (Fsp3) is 0.435. The molecule has 0 radical (unpaired) electrons. The first-order chi connectivity index (χ1) is 14.0. The van der Waals surface area contributed by atoms with E-state index in [1.54, 1.807) is 0 Å². The summed E-state index contributed by atoms with van der Waals surface area (Å²) in [5, 5.41) is 19.0. The van der Waals surface area contributed by atoms with Gasteiger partial charge in [0, 0.05) is 30.3 Å². The number of rotatable bonds is 5. The number of fused-ring (bicyclic) bond motifs is 3. The van der Waals surface area contributed by atoms with Gasteiger partial charge >= 0.3 is 5.97 Å². The molecule has 0 aliphatic heterocycles. The molecule has 4 rings (SSSR count). The Morgan fingerprint density at radius 2 is 1.62 bits per heavy atom. The maximum Gasteiger partial charge on any atom is 0.302 e. The van der Waals surface area contributed by atoms with Crippen molar-refractivity contribution in [2.75, 3.05) is 19.8 Å². The minimum absolute atomic E-state index is 0.0330. The van der Waals surface area contributed by atoms with Gasteiger partial charge in [-0.3, -0.25) is 14.9 Å². The molecule has 0 aromatic heterocycles. The second kappa shape index (κ2) is 9.65. The van der Waals surface area contributed by atoms with Gasteiger partial charge in [-0.15, -0.1) is 0 Å². The van der Waals surface area contributed by atoms with E-state index in [1.807, 2.05) is 24.3 Å². The number of hydrogen-bond donors (Lipinski definition) is 1. The predicted molar refractivity (Wildman–Crippen MR) is 110 cm³/mol. The van der Waals surface area contributed by atoms with Crippen LogP contribution in [0.25, 0.3) is 11.1 Å². The lowest BCUT2D eigenvalue weighted by atomic mass is 9.97. The summed E-state index contributed by atoms with van der Waals surface area (Å²) in [7, 11) is 0. The third kappa shape index (κ3) is 5.01. The van der Waals surface area contributed by atoms with Crippen LogP contribution in [0.2, 0.25) is 0 Å². The highest BCUT2D eigenvalue weighted by atomic mass is 16.6. The molecule has 1 N–H and O–H groups in total. The van der Waals surface area contributed by atoms with E-state index in [9.17, 15) is 14.9 Å². The molecule has 0 saturated heterocycles. The topological polar surface area (TPSA) is 89.7 Å². The molecule has 2 aliphatic rings. The van der Waals surface area contributed by atoms with Crippen LogP contribution in [0.1, 0.15) is 43.2 Å². The van der Waals surface area contributed by atoms with E-state index in [-0.39, 0.29) is 41.8 Å². The Kier molecular flexibility index (Phi) is 6.99. The summed E-state index contributed by atoms with van der Waals surface area (Å²) < 4.78 is 5.20. The number of hydrogen-bond acceptors (Lipinski definition) is 5. The second-order valence-corrected chi connectivity index (χ2v) is 7.68. The second-order valence-electron chi connectivity index (χ2n) is 7.68. The maximum absolute atomic E-state index is 11.0. The van der Waals surface area contributed by atoms with Crippen LogP contribution >= 0.6 is 0 Å². The van der Waals surface area contributed by atoms with E-state index in [2.05, 4.69) is 24.3 Å². The summed E-state index contributed by atoms with van der Waals surface area (Å²) >= 11 is 0. The summed E-state index contributed by atoms with van der Waals surface area (Å²) in [6.45, 7) is 2.01. The zero-order chi connectivity index (χ0) is 20.8. The fourth-order valence-electron chi connectivity index (χ4n) is 4.43. The van der Waals surface area contributed by atoms with Crippen LogP contribution in [0.4, 0.5) is 0 Å². The van der Waals surface area contributed by atoms with Crippen LogP contribution in [0.5, 0.6) is 0 Å². The molecular formula is C23H27NO5. The van der Waals surface area contributed by atoms with Gasteiger partial charge in [-0.05, 0) is 41.0 Å². The van der Waals surface area contributed by atoms with Gasteiger partial charge in [-0.2, -0.15) is 0 Å². The first kappa shape index (κ1) is 21.0. The molecule has 6 heteroatoms. The normalized spacial score (nSPS) is 19.7. The Balaban J connectivity index is 0.000000188. The van der Waals surface area contributed by atoms with Crippen LogP contribution in [0, 0.1) is 22.0 Å². The van der Waals surface area contributed by atoms with Gasteiger partial charge < -0.3 is 9.84 Å².